The Labute approximate surface area is 160 Å². The normalized spacial score (nSPS) is 18.5. The number of nitrogens with zero attached hydrogens (tertiary/aromatic N) is 4. The maximum atomic E-state index is 5.76. The van der Waals surface area contributed by atoms with Gasteiger partial charge in [-0.25, -0.2) is 4.98 Å². The number of pyridine rings is 1. The highest BCUT2D eigenvalue weighted by Gasteiger charge is 2.24. The number of anilines is 1. The first-order chi connectivity index (χ1) is 13.2. The summed E-state index contributed by atoms with van der Waals surface area (Å²) < 4.78 is 7.93. The second kappa shape index (κ2) is 6.57. The standard InChI is InChI=1S/C22H26N4O/c1-16(19-4-3-18-7-12-27-22(18)13-19)24-8-10-25(11-9-24)21-6-5-20-14-23-17(2)26(20)15-21/h3-6,13-16H,7-12H2,1-2H3. The van der Waals surface area contributed by atoms with Crippen molar-refractivity contribution in [3.8, 4) is 5.75 Å². The van der Waals surface area contributed by atoms with Gasteiger partial charge >= 0.3 is 0 Å². The zero-order valence-corrected chi connectivity index (χ0v) is 16.1. The number of fused-ring (bicyclic) bond motifs is 2. The fourth-order valence-corrected chi connectivity index (χ4v) is 4.32. The molecule has 0 bridgehead atoms. The first-order valence-corrected chi connectivity index (χ1v) is 9.87. The van der Waals surface area contributed by atoms with Gasteiger partial charge in [0.15, 0.2) is 0 Å². The maximum absolute atomic E-state index is 5.76. The summed E-state index contributed by atoms with van der Waals surface area (Å²) >= 11 is 0. The van der Waals surface area contributed by atoms with E-state index in [-0.39, 0.29) is 0 Å². The Bertz CT molecular complexity index is 972. The summed E-state index contributed by atoms with van der Waals surface area (Å²) in [6, 6.07) is 11.6. The Balaban J connectivity index is 1.28. The van der Waals surface area contributed by atoms with Crippen LogP contribution >= 0.6 is 0 Å². The highest BCUT2D eigenvalue weighted by molar-refractivity contribution is 5.55. The SMILES string of the molecule is Cc1ncc2ccc(N3CCN(C(C)c4ccc5c(c4)OCC5)CC3)cn12. The van der Waals surface area contributed by atoms with Crippen molar-refractivity contribution in [2.75, 3.05) is 37.7 Å². The monoisotopic (exact) mass is 362 g/mol. The molecular weight excluding hydrogens is 336 g/mol. The van der Waals surface area contributed by atoms with Gasteiger partial charge in [0.1, 0.15) is 11.6 Å². The van der Waals surface area contributed by atoms with Crippen LogP contribution in [-0.2, 0) is 6.42 Å². The predicted octanol–water partition coefficient (Wildman–Crippen LogP) is 3.46. The van der Waals surface area contributed by atoms with Gasteiger partial charge in [0.25, 0.3) is 0 Å². The van der Waals surface area contributed by atoms with Gasteiger partial charge in [-0.1, -0.05) is 12.1 Å². The zero-order chi connectivity index (χ0) is 18.4. The smallest absolute Gasteiger partial charge is 0.122 e. The molecular formula is C22H26N4O. The van der Waals surface area contributed by atoms with E-state index < -0.39 is 0 Å². The van der Waals surface area contributed by atoms with Gasteiger partial charge < -0.3 is 14.0 Å². The molecule has 0 saturated carbocycles. The number of hydrogen-bond acceptors (Lipinski definition) is 4. The van der Waals surface area contributed by atoms with Crippen molar-refractivity contribution >= 4 is 11.2 Å². The molecule has 5 rings (SSSR count). The summed E-state index contributed by atoms with van der Waals surface area (Å²) in [5.41, 5.74) is 5.14. The number of rotatable bonds is 3. The van der Waals surface area contributed by atoms with E-state index in [1.54, 1.807) is 0 Å². The van der Waals surface area contributed by atoms with Crippen LogP contribution in [0.2, 0.25) is 0 Å². The molecule has 140 valence electrons. The van der Waals surface area contributed by atoms with Crippen molar-refractivity contribution in [1.29, 1.82) is 0 Å². The molecule has 0 radical (unpaired) electrons. The summed E-state index contributed by atoms with van der Waals surface area (Å²) in [5.74, 6) is 2.12. The Morgan fingerprint density at radius 3 is 2.78 bits per heavy atom. The van der Waals surface area contributed by atoms with E-state index in [1.807, 2.05) is 6.20 Å². The second-order valence-electron chi connectivity index (χ2n) is 7.65. The van der Waals surface area contributed by atoms with E-state index in [4.69, 9.17) is 4.74 Å². The van der Waals surface area contributed by atoms with Crippen LogP contribution in [0.4, 0.5) is 5.69 Å². The van der Waals surface area contributed by atoms with Crippen LogP contribution in [0.5, 0.6) is 5.75 Å². The van der Waals surface area contributed by atoms with Crippen LogP contribution in [0.15, 0.2) is 42.7 Å². The van der Waals surface area contributed by atoms with Crippen LogP contribution in [0, 0.1) is 6.92 Å². The molecule has 1 saturated heterocycles. The van der Waals surface area contributed by atoms with Crippen molar-refractivity contribution in [2.24, 2.45) is 0 Å². The minimum Gasteiger partial charge on any atom is -0.493 e. The third-order valence-electron chi connectivity index (χ3n) is 6.13. The van der Waals surface area contributed by atoms with E-state index in [1.165, 1.54) is 16.8 Å². The number of aromatic nitrogens is 2. The molecule has 3 aromatic rings. The van der Waals surface area contributed by atoms with Gasteiger partial charge in [0, 0.05) is 44.8 Å². The fourth-order valence-electron chi connectivity index (χ4n) is 4.32. The second-order valence-corrected chi connectivity index (χ2v) is 7.65. The fraction of sp³-hybridized carbons (Fsp3) is 0.409. The Morgan fingerprint density at radius 2 is 1.93 bits per heavy atom. The van der Waals surface area contributed by atoms with E-state index >= 15 is 0 Å². The average molecular weight is 362 g/mol. The van der Waals surface area contributed by atoms with Crippen LogP contribution < -0.4 is 9.64 Å². The lowest BCUT2D eigenvalue weighted by Gasteiger charge is -2.39. The number of hydrogen-bond donors (Lipinski definition) is 0. The molecule has 1 atom stereocenters. The van der Waals surface area contributed by atoms with Crippen molar-refractivity contribution in [3.63, 3.8) is 0 Å². The molecule has 1 fully saturated rings. The molecule has 0 aliphatic carbocycles. The lowest BCUT2D eigenvalue weighted by atomic mass is 10.0. The van der Waals surface area contributed by atoms with Crippen LogP contribution in [0.3, 0.4) is 0 Å². The number of piperazine rings is 1. The van der Waals surface area contributed by atoms with Gasteiger partial charge in [-0.15, -0.1) is 0 Å². The Kier molecular flexibility index (Phi) is 4.05. The predicted molar refractivity (Wildman–Crippen MR) is 108 cm³/mol. The van der Waals surface area contributed by atoms with E-state index in [2.05, 4.69) is 69.6 Å². The van der Waals surface area contributed by atoms with Crippen LogP contribution in [-0.4, -0.2) is 47.1 Å². The minimum absolute atomic E-state index is 0.417. The van der Waals surface area contributed by atoms with Gasteiger partial charge in [0.2, 0.25) is 0 Å². The minimum atomic E-state index is 0.417. The summed E-state index contributed by atoms with van der Waals surface area (Å²) in [5, 5.41) is 0. The van der Waals surface area contributed by atoms with Gasteiger partial charge in [-0.05, 0) is 43.2 Å². The first-order valence-electron chi connectivity index (χ1n) is 9.87. The quantitative estimate of drug-likeness (QED) is 0.714. The Morgan fingerprint density at radius 1 is 1.07 bits per heavy atom. The van der Waals surface area contributed by atoms with Gasteiger partial charge in [-0.2, -0.15) is 0 Å². The summed E-state index contributed by atoms with van der Waals surface area (Å²) in [4.78, 5) is 9.46. The molecule has 2 aliphatic rings. The van der Waals surface area contributed by atoms with E-state index in [9.17, 15) is 0 Å². The third kappa shape index (κ3) is 2.96. The number of benzene rings is 1. The molecule has 0 spiro atoms. The Hall–Kier alpha value is -2.53. The highest BCUT2D eigenvalue weighted by atomic mass is 16.5. The molecule has 4 heterocycles. The number of ether oxygens (including phenoxy) is 1. The van der Waals surface area contributed by atoms with Crippen molar-refractivity contribution < 1.29 is 4.74 Å². The van der Waals surface area contributed by atoms with Crippen LogP contribution in [0.1, 0.15) is 29.9 Å². The number of aryl methyl sites for hydroxylation is 1. The number of imidazole rings is 1. The van der Waals surface area contributed by atoms with Crippen molar-refractivity contribution in [3.05, 3.63) is 59.7 Å². The zero-order valence-electron chi connectivity index (χ0n) is 16.1. The topological polar surface area (TPSA) is 33.0 Å². The van der Waals surface area contributed by atoms with Crippen LogP contribution in [0.25, 0.3) is 5.52 Å². The summed E-state index contributed by atoms with van der Waals surface area (Å²) in [6.45, 7) is 9.42. The lowest BCUT2D eigenvalue weighted by Crippen LogP contribution is -2.47. The van der Waals surface area contributed by atoms with E-state index in [0.717, 1.165) is 56.3 Å². The molecule has 0 N–H and O–H groups in total. The molecule has 0 amide bonds. The first kappa shape index (κ1) is 16.6. The molecule has 5 heteroatoms. The van der Waals surface area contributed by atoms with Gasteiger partial charge in [0.05, 0.1) is 24.0 Å². The van der Waals surface area contributed by atoms with E-state index in [0.29, 0.717) is 6.04 Å². The summed E-state index contributed by atoms with van der Waals surface area (Å²) in [7, 11) is 0. The van der Waals surface area contributed by atoms with Gasteiger partial charge in [-0.3, -0.25) is 4.90 Å². The maximum Gasteiger partial charge on any atom is 0.122 e. The third-order valence-corrected chi connectivity index (χ3v) is 6.13. The lowest BCUT2D eigenvalue weighted by molar-refractivity contribution is 0.198. The molecule has 1 unspecified atom stereocenters. The molecule has 2 aromatic heterocycles. The van der Waals surface area contributed by atoms with Crippen molar-refractivity contribution in [2.45, 2.75) is 26.3 Å². The highest BCUT2D eigenvalue weighted by Crippen LogP contribution is 2.31. The molecule has 2 aliphatic heterocycles. The van der Waals surface area contributed by atoms with Crippen molar-refractivity contribution in [1.82, 2.24) is 14.3 Å². The molecule has 27 heavy (non-hydrogen) atoms. The molecule has 5 nitrogen and oxygen atoms in total. The summed E-state index contributed by atoms with van der Waals surface area (Å²) in [6.07, 6.45) is 5.19. The molecule has 1 aromatic carbocycles. The average Bonchev–Trinajstić information content (AvgIpc) is 3.33. The largest absolute Gasteiger partial charge is 0.493 e.